The third-order valence-electron chi connectivity index (χ3n) is 2.49. The van der Waals surface area contributed by atoms with Crippen LogP contribution in [-0.4, -0.2) is 29.6 Å². The average molecular weight is 277 g/mol. The van der Waals surface area contributed by atoms with Crippen molar-refractivity contribution >= 4 is 22.4 Å². The molecule has 2 rings (SSSR count). The number of nitrogens with zero attached hydrogens (tertiary/aromatic N) is 2. The van der Waals surface area contributed by atoms with Crippen LogP contribution in [0.4, 0.5) is 5.13 Å². The second-order valence-electron chi connectivity index (χ2n) is 3.89. The van der Waals surface area contributed by atoms with Gasteiger partial charge in [-0.2, -0.15) is 0 Å². The highest BCUT2D eigenvalue weighted by Gasteiger charge is 2.07. The molecule has 100 valence electrons. The predicted molar refractivity (Wildman–Crippen MR) is 74.3 cm³/mol. The largest absolute Gasteiger partial charge is 0.469 e. The molecule has 0 bridgehead atoms. The standard InChI is InChI=1S/C13H15N3O2S/c1-18-12(17)8-11-9-19-13(16-11)15-7-5-10-4-2-3-6-14-10/h2-4,6,9H,5,7-8H2,1H3,(H,15,16). The van der Waals surface area contributed by atoms with Crippen LogP contribution in [0.1, 0.15) is 11.4 Å². The van der Waals surface area contributed by atoms with Gasteiger partial charge in [0.25, 0.3) is 0 Å². The van der Waals surface area contributed by atoms with Crippen LogP contribution in [0.2, 0.25) is 0 Å². The van der Waals surface area contributed by atoms with Crippen molar-refractivity contribution in [1.82, 2.24) is 9.97 Å². The first-order valence-corrected chi connectivity index (χ1v) is 6.81. The number of anilines is 1. The first-order chi connectivity index (χ1) is 9.28. The molecule has 0 amide bonds. The van der Waals surface area contributed by atoms with Crippen molar-refractivity contribution in [3.8, 4) is 0 Å². The van der Waals surface area contributed by atoms with E-state index in [2.05, 4.69) is 20.0 Å². The number of aromatic nitrogens is 2. The van der Waals surface area contributed by atoms with Gasteiger partial charge in [0.1, 0.15) is 0 Å². The number of ether oxygens (including phenoxy) is 1. The van der Waals surface area contributed by atoms with Crippen molar-refractivity contribution in [2.75, 3.05) is 19.0 Å². The van der Waals surface area contributed by atoms with Crippen molar-refractivity contribution in [3.05, 3.63) is 41.2 Å². The summed E-state index contributed by atoms with van der Waals surface area (Å²) in [4.78, 5) is 19.7. The Balaban J connectivity index is 1.79. The van der Waals surface area contributed by atoms with Crippen molar-refractivity contribution in [2.45, 2.75) is 12.8 Å². The van der Waals surface area contributed by atoms with Crippen LogP contribution in [0, 0.1) is 0 Å². The Labute approximate surface area is 115 Å². The van der Waals surface area contributed by atoms with Gasteiger partial charge >= 0.3 is 5.97 Å². The lowest BCUT2D eigenvalue weighted by molar-refractivity contribution is -0.139. The predicted octanol–water partition coefficient (Wildman–Crippen LogP) is 1.91. The lowest BCUT2D eigenvalue weighted by Crippen LogP contribution is -2.07. The smallest absolute Gasteiger partial charge is 0.311 e. The molecule has 2 heterocycles. The maximum absolute atomic E-state index is 11.1. The second kappa shape index (κ2) is 6.84. The fraction of sp³-hybridized carbons (Fsp3) is 0.308. The van der Waals surface area contributed by atoms with E-state index in [0.29, 0.717) is 0 Å². The minimum atomic E-state index is -0.273. The molecule has 0 atom stereocenters. The van der Waals surface area contributed by atoms with Gasteiger partial charge in [-0.05, 0) is 12.1 Å². The van der Waals surface area contributed by atoms with E-state index in [4.69, 9.17) is 0 Å². The van der Waals surface area contributed by atoms with Crippen LogP contribution in [0.25, 0.3) is 0 Å². The van der Waals surface area contributed by atoms with Gasteiger partial charge in [-0.25, -0.2) is 4.98 Å². The van der Waals surface area contributed by atoms with Gasteiger partial charge in [0, 0.05) is 30.2 Å². The topological polar surface area (TPSA) is 64.1 Å². The van der Waals surface area contributed by atoms with E-state index in [-0.39, 0.29) is 12.4 Å². The molecule has 1 N–H and O–H groups in total. The maximum Gasteiger partial charge on any atom is 0.311 e. The van der Waals surface area contributed by atoms with Crippen LogP contribution in [-0.2, 0) is 22.4 Å². The summed E-state index contributed by atoms with van der Waals surface area (Å²) >= 11 is 1.49. The fourth-order valence-electron chi connectivity index (χ4n) is 1.53. The van der Waals surface area contributed by atoms with E-state index in [1.807, 2.05) is 23.6 Å². The molecule has 0 aliphatic carbocycles. The van der Waals surface area contributed by atoms with Gasteiger partial charge in [0.15, 0.2) is 5.13 Å². The summed E-state index contributed by atoms with van der Waals surface area (Å²) in [6.07, 6.45) is 2.84. The Morgan fingerprint density at radius 3 is 3.05 bits per heavy atom. The third-order valence-corrected chi connectivity index (χ3v) is 3.34. The fourth-order valence-corrected chi connectivity index (χ4v) is 2.27. The molecule has 19 heavy (non-hydrogen) atoms. The number of methoxy groups -OCH3 is 1. The minimum absolute atomic E-state index is 0.217. The molecular weight excluding hydrogens is 262 g/mol. The minimum Gasteiger partial charge on any atom is -0.469 e. The number of nitrogens with one attached hydrogen (secondary N) is 1. The Bertz CT molecular complexity index is 528. The summed E-state index contributed by atoms with van der Waals surface area (Å²) in [5, 5.41) is 5.90. The van der Waals surface area contributed by atoms with Gasteiger partial charge in [0.2, 0.25) is 0 Å². The number of esters is 1. The van der Waals surface area contributed by atoms with Gasteiger partial charge in [0.05, 0.1) is 19.2 Å². The summed E-state index contributed by atoms with van der Waals surface area (Å²) in [6.45, 7) is 0.766. The Kier molecular flexibility index (Phi) is 4.85. The van der Waals surface area contributed by atoms with Gasteiger partial charge in [-0.15, -0.1) is 11.3 Å². The summed E-state index contributed by atoms with van der Waals surface area (Å²) in [5.41, 5.74) is 1.78. The number of rotatable bonds is 6. The number of hydrogen-bond donors (Lipinski definition) is 1. The van der Waals surface area contributed by atoms with E-state index in [9.17, 15) is 4.79 Å². The SMILES string of the molecule is COC(=O)Cc1csc(NCCc2ccccn2)n1. The summed E-state index contributed by atoms with van der Waals surface area (Å²) in [6, 6.07) is 5.86. The molecule has 0 fully saturated rings. The van der Waals surface area contributed by atoms with Crippen molar-refractivity contribution < 1.29 is 9.53 Å². The van der Waals surface area contributed by atoms with Gasteiger partial charge in [-0.3, -0.25) is 9.78 Å². The van der Waals surface area contributed by atoms with Crippen LogP contribution in [0.15, 0.2) is 29.8 Å². The molecule has 6 heteroatoms. The summed E-state index contributed by atoms with van der Waals surface area (Å²) < 4.78 is 4.60. The highest BCUT2D eigenvalue weighted by molar-refractivity contribution is 7.13. The van der Waals surface area contributed by atoms with Gasteiger partial charge < -0.3 is 10.1 Å². The van der Waals surface area contributed by atoms with E-state index in [1.165, 1.54) is 18.4 Å². The van der Waals surface area contributed by atoms with Crippen LogP contribution in [0.5, 0.6) is 0 Å². The van der Waals surface area contributed by atoms with E-state index < -0.39 is 0 Å². The quantitative estimate of drug-likeness (QED) is 0.817. The molecule has 0 unspecified atom stereocenters. The lowest BCUT2D eigenvalue weighted by atomic mass is 10.3. The molecule has 0 radical (unpaired) electrons. The third kappa shape index (κ3) is 4.33. The second-order valence-corrected chi connectivity index (χ2v) is 4.75. The summed E-state index contributed by atoms with van der Waals surface area (Å²) in [7, 11) is 1.38. The molecule has 0 saturated carbocycles. The van der Waals surface area contributed by atoms with E-state index in [0.717, 1.165) is 29.5 Å². The zero-order valence-corrected chi connectivity index (χ0v) is 11.4. The monoisotopic (exact) mass is 277 g/mol. The van der Waals surface area contributed by atoms with Gasteiger partial charge in [-0.1, -0.05) is 6.07 Å². The first-order valence-electron chi connectivity index (χ1n) is 5.93. The van der Waals surface area contributed by atoms with E-state index in [1.54, 1.807) is 6.20 Å². The molecule has 0 aliphatic rings. The number of thiazole rings is 1. The highest BCUT2D eigenvalue weighted by Crippen LogP contribution is 2.15. The normalized spacial score (nSPS) is 10.2. The molecule has 0 aromatic carbocycles. The Morgan fingerprint density at radius 2 is 2.32 bits per heavy atom. The van der Waals surface area contributed by atoms with Crippen LogP contribution < -0.4 is 5.32 Å². The number of carbonyl (C=O) groups is 1. The molecule has 5 nitrogen and oxygen atoms in total. The van der Waals surface area contributed by atoms with Crippen LogP contribution >= 0.6 is 11.3 Å². The Morgan fingerprint density at radius 1 is 1.42 bits per heavy atom. The lowest BCUT2D eigenvalue weighted by Gasteiger charge is -2.01. The molecule has 0 aliphatic heterocycles. The highest BCUT2D eigenvalue weighted by atomic mass is 32.1. The van der Waals surface area contributed by atoms with Crippen molar-refractivity contribution in [1.29, 1.82) is 0 Å². The number of carbonyl (C=O) groups excluding carboxylic acids is 1. The summed E-state index contributed by atoms with van der Waals surface area (Å²) in [5.74, 6) is -0.273. The van der Waals surface area contributed by atoms with E-state index >= 15 is 0 Å². The molecule has 2 aromatic heterocycles. The van der Waals surface area contributed by atoms with Crippen LogP contribution in [0.3, 0.4) is 0 Å². The molecule has 0 spiro atoms. The first kappa shape index (κ1) is 13.5. The number of pyridine rings is 1. The zero-order chi connectivity index (χ0) is 13.5. The molecule has 0 saturated heterocycles. The average Bonchev–Trinajstić information content (AvgIpc) is 2.87. The molecular formula is C13H15N3O2S. The van der Waals surface area contributed by atoms with Crippen molar-refractivity contribution in [3.63, 3.8) is 0 Å². The zero-order valence-electron chi connectivity index (χ0n) is 10.6. The maximum atomic E-state index is 11.1. The Hall–Kier alpha value is -1.95. The van der Waals surface area contributed by atoms with Crippen molar-refractivity contribution in [2.24, 2.45) is 0 Å². The number of hydrogen-bond acceptors (Lipinski definition) is 6. The molecule has 2 aromatic rings.